The van der Waals surface area contributed by atoms with Crippen LogP contribution in [-0.2, 0) is 23.7 Å². The highest BCUT2D eigenvalue weighted by molar-refractivity contribution is 5.73. The number of ether oxygens (including phenoxy) is 4. The van der Waals surface area contributed by atoms with E-state index in [0.717, 1.165) is 38.9 Å². The summed E-state index contributed by atoms with van der Waals surface area (Å²) < 4.78 is 22.8. The van der Waals surface area contributed by atoms with Gasteiger partial charge >= 0.3 is 5.97 Å². The standard InChI is InChI=1S/C28H52O5/c1-6-7-8-13-16-20-28(31-23-24-32-28)21-17-14-11-9-10-12-15-18-25(19-22-30-5)26(29)33-27(2,3)4/h12,15,25H,6-11,13-14,16-24H2,1-5H3/b15-12+/t25-/m0/s1. The Morgan fingerprint density at radius 2 is 1.55 bits per heavy atom. The number of allylic oxidation sites excluding steroid dienone is 2. The van der Waals surface area contributed by atoms with E-state index in [1.54, 1.807) is 7.11 Å². The Bertz CT molecular complexity index is 517. The molecule has 1 atom stereocenters. The summed E-state index contributed by atoms with van der Waals surface area (Å²) in [6.45, 7) is 10.1. The normalized spacial score (nSPS) is 17.0. The van der Waals surface area contributed by atoms with Gasteiger partial charge in [-0.3, -0.25) is 4.79 Å². The summed E-state index contributed by atoms with van der Waals surface area (Å²) in [4.78, 5) is 12.4. The summed E-state index contributed by atoms with van der Waals surface area (Å²) in [5.74, 6) is -0.560. The molecule has 0 radical (unpaired) electrons. The molecule has 1 fully saturated rings. The minimum atomic E-state index is -0.450. The molecule has 0 N–H and O–H groups in total. The van der Waals surface area contributed by atoms with Crippen LogP contribution in [0.3, 0.4) is 0 Å². The van der Waals surface area contributed by atoms with Gasteiger partial charge in [0.25, 0.3) is 0 Å². The number of esters is 1. The van der Waals surface area contributed by atoms with Crippen molar-refractivity contribution in [3.8, 4) is 0 Å². The first-order valence-corrected chi connectivity index (χ1v) is 13.5. The van der Waals surface area contributed by atoms with Crippen molar-refractivity contribution < 1.29 is 23.7 Å². The third-order valence-electron chi connectivity index (χ3n) is 6.15. The second kappa shape index (κ2) is 17.5. The third kappa shape index (κ3) is 14.9. The number of hydrogen-bond donors (Lipinski definition) is 0. The van der Waals surface area contributed by atoms with Gasteiger partial charge in [-0.1, -0.05) is 57.6 Å². The van der Waals surface area contributed by atoms with Crippen LogP contribution in [0.25, 0.3) is 0 Å². The molecule has 0 aromatic rings. The fourth-order valence-electron chi connectivity index (χ4n) is 4.27. The molecule has 1 rings (SSSR count). The van der Waals surface area contributed by atoms with Crippen LogP contribution >= 0.6 is 0 Å². The molecular formula is C28H52O5. The number of rotatable bonds is 19. The molecule has 0 saturated carbocycles. The second-order valence-corrected chi connectivity index (χ2v) is 10.4. The van der Waals surface area contributed by atoms with Crippen LogP contribution in [0.1, 0.15) is 118 Å². The molecular weight excluding hydrogens is 416 g/mol. The van der Waals surface area contributed by atoms with Gasteiger partial charge in [-0.15, -0.1) is 0 Å². The minimum Gasteiger partial charge on any atom is -0.460 e. The van der Waals surface area contributed by atoms with Crippen LogP contribution in [0.4, 0.5) is 0 Å². The van der Waals surface area contributed by atoms with Gasteiger partial charge in [-0.2, -0.15) is 0 Å². The Kier molecular flexibility index (Phi) is 16.0. The van der Waals surface area contributed by atoms with E-state index in [4.69, 9.17) is 18.9 Å². The third-order valence-corrected chi connectivity index (χ3v) is 6.15. The molecule has 0 unspecified atom stereocenters. The molecule has 0 amide bonds. The van der Waals surface area contributed by atoms with Gasteiger partial charge in [-0.05, 0) is 59.3 Å². The maximum Gasteiger partial charge on any atom is 0.309 e. The number of hydrogen-bond acceptors (Lipinski definition) is 5. The highest BCUT2D eigenvalue weighted by Gasteiger charge is 2.35. The van der Waals surface area contributed by atoms with Crippen molar-refractivity contribution in [2.75, 3.05) is 26.9 Å². The van der Waals surface area contributed by atoms with E-state index in [1.165, 1.54) is 51.4 Å². The molecule has 1 heterocycles. The molecule has 1 aliphatic heterocycles. The molecule has 0 spiro atoms. The molecule has 33 heavy (non-hydrogen) atoms. The predicted molar refractivity (Wildman–Crippen MR) is 135 cm³/mol. The number of methoxy groups -OCH3 is 1. The molecule has 0 aromatic carbocycles. The Morgan fingerprint density at radius 1 is 0.939 bits per heavy atom. The lowest BCUT2D eigenvalue weighted by Gasteiger charge is -2.27. The summed E-state index contributed by atoms with van der Waals surface area (Å²) in [7, 11) is 1.67. The van der Waals surface area contributed by atoms with Gasteiger partial charge in [-0.25, -0.2) is 0 Å². The van der Waals surface area contributed by atoms with E-state index in [2.05, 4.69) is 19.1 Å². The number of carbonyl (C=O) groups excluding carboxylic acids is 1. The Morgan fingerprint density at radius 3 is 2.12 bits per heavy atom. The maximum atomic E-state index is 12.4. The fourth-order valence-corrected chi connectivity index (χ4v) is 4.27. The molecule has 0 aliphatic carbocycles. The Balaban J connectivity index is 2.20. The lowest BCUT2D eigenvalue weighted by molar-refractivity contribution is -0.168. The molecule has 5 nitrogen and oxygen atoms in total. The molecule has 0 aromatic heterocycles. The lowest BCUT2D eigenvalue weighted by Crippen LogP contribution is -2.30. The quantitative estimate of drug-likeness (QED) is 0.112. The van der Waals surface area contributed by atoms with Crippen molar-refractivity contribution in [3.63, 3.8) is 0 Å². The van der Waals surface area contributed by atoms with E-state index in [0.29, 0.717) is 19.4 Å². The van der Waals surface area contributed by atoms with Gasteiger partial charge in [0.15, 0.2) is 5.79 Å². The number of unbranched alkanes of at least 4 members (excludes halogenated alkanes) is 8. The highest BCUT2D eigenvalue weighted by atomic mass is 16.7. The smallest absolute Gasteiger partial charge is 0.309 e. The maximum absolute atomic E-state index is 12.4. The topological polar surface area (TPSA) is 54.0 Å². The summed E-state index contributed by atoms with van der Waals surface area (Å²) in [5, 5.41) is 0. The van der Waals surface area contributed by atoms with E-state index in [1.807, 2.05) is 20.8 Å². The molecule has 194 valence electrons. The van der Waals surface area contributed by atoms with Crippen molar-refractivity contribution in [2.24, 2.45) is 5.92 Å². The van der Waals surface area contributed by atoms with Crippen molar-refractivity contribution in [2.45, 2.75) is 129 Å². The summed E-state index contributed by atoms with van der Waals surface area (Å²) in [6, 6.07) is 0. The minimum absolute atomic E-state index is 0.125. The predicted octanol–water partition coefficient (Wildman–Crippen LogP) is 7.37. The number of carbonyl (C=O) groups is 1. The van der Waals surface area contributed by atoms with Crippen molar-refractivity contribution in [3.05, 3.63) is 12.2 Å². The molecule has 5 heteroatoms. The van der Waals surface area contributed by atoms with E-state index >= 15 is 0 Å². The fraction of sp³-hybridized carbons (Fsp3) is 0.893. The van der Waals surface area contributed by atoms with Crippen LogP contribution in [0, 0.1) is 5.92 Å². The zero-order valence-corrected chi connectivity index (χ0v) is 22.3. The lowest BCUT2D eigenvalue weighted by atomic mass is 9.99. The van der Waals surface area contributed by atoms with Crippen molar-refractivity contribution >= 4 is 5.97 Å². The first-order chi connectivity index (χ1) is 15.8. The second-order valence-electron chi connectivity index (χ2n) is 10.4. The van der Waals surface area contributed by atoms with Crippen LogP contribution < -0.4 is 0 Å². The zero-order valence-electron chi connectivity index (χ0n) is 22.3. The Hall–Kier alpha value is -0.910. The summed E-state index contributed by atoms with van der Waals surface area (Å²) >= 11 is 0. The SMILES string of the molecule is CCCCCCCC1(CCCCCC/C=C/C[C@@H](CCOC)C(=O)OC(C)(C)C)OCCO1. The Labute approximate surface area is 204 Å². The van der Waals surface area contributed by atoms with E-state index in [-0.39, 0.29) is 17.7 Å². The first-order valence-electron chi connectivity index (χ1n) is 13.5. The van der Waals surface area contributed by atoms with Crippen LogP contribution in [0.2, 0.25) is 0 Å². The first kappa shape index (κ1) is 30.1. The van der Waals surface area contributed by atoms with Crippen LogP contribution in [0.5, 0.6) is 0 Å². The molecule has 1 aliphatic rings. The summed E-state index contributed by atoms with van der Waals surface area (Å²) in [6.07, 6.45) is 20.1. The van der Waals surface area contributed by atoms with Crippen LogP contribution in [-0.4, -0.2) is 44.3 Å². The molecule has 1 saturated heterocycles. The van der Waals surface area contributed by atoms with Gasteiger partial charge < -0.3 is 18.9 Å². The van der Waals surface area contributed by atoms with Gasteiger partial charge in [0, 0.05) is 26.6 Å². The van der Waals surface area contributed by atoms with Crippen LogP contribution in [0.15, 0.2) is 12.2 Å². The van der Waals surface area contributed by atoms with Gasteiger partial charge in [0.1, 0.15) is 5.60 Å². The molecule has 0 bridgehead atoms. The largest absolute Gasteiger partial charge is 0.460 e. The highest BCUT2D eigenvalue weighted by Crippen LogP contribution is 2.32. The van der Waals surface area contributed by atoms with Crippen molar-refractivity contribution in [1.29, 1.82) is 0 Å². The monoisotopic (exact) mass is 468 g/mol. The van der Waals surface area contributed by atoms with Gasteiger partial charge in [0.05, 0.1) is 19.1 Å². The van der Waals surface area contributed by atoms with Gasteiger partial charge in [0.2, 0.25) is 0 Å². The summed E-state index contributed by atoms with van der Waals surface area (Å²) in [5.41, 5.74) is -0.450. The van der Waals surface area contributed by atoms with Crippen molar-refractivity contribution in [1.82, 2.24) is 0 Å². The zero-order chi connectivity index (χ0) is 24.4. The average molecular weight is 469 g/mol. The van der Waals surface area contributed by atoms with E-state index in [9.17, 15) is 4.79 Å². The average Bonchev–Trinajstić information content (AvgIpc) is 3.22. The van der Waals surface area contributed by atoms with E-state index < -0.39 is 5.60 Å².